The Balaban J connectivity index is 3.64. The molecule has 0 unspecified atom stereocenters. The smallest absolute Gasteiger partial charge is 0.306 e. The highest BCUT2D eigenvalue weighted by atomic mass is 16.5. The number of allylic oxidation sites excluding steroid dienone is 2. The molecule has 0 aromatic carbocycles. The number of ether oxygens (including phenoxy) is 1. The van der Waals surface area contributed by atoms with Crippen LogP contribution in [0.1, 0.15) is 39.5 Å². The third-order valence-corrected chi connectivity index (χ3v) is 2.24. The lowest BCUT2D eigenvalue weighted by atomic mass is 9.99. The SMILES string of the molecule is [B]CCCCCC(=O)OCC(/C=C\C)=C/C. The molecule has 3 heteroatoms. The van der Waals surface area contributed by atoms with E-state index in [-0.39, 0.29) is 5.97 Å². The van der Waals surface area contributed by atoms with Gasteiger partial charge in [0.2, 0.25) is 0 Å². The van der Waals surface area contributed by atoms with Crippen LogP contribution in [0.4, 0.5) is 0 Å². The Kier molecular flexibility index (Phi) is 9.88. The normalized spacial score (nSPS) is 12.0. The van der Waals surface area contributed by atoms with E-state index in [2.05, 4.69) is 0 Å². The number of carbonyl (C=O) groups excluding carboxylic acids is 1. The fraction of sp³-hybridized carbons (Fsp3) is 0.615. The van der Waals surface area contributed by atoms with Gasteiger partial charge >= 0.3 is 5.97 Å². The molecule has 16 heavy (non-hydrogen) atoms. The quantitative estimate of drug-likeness (QED) is 0.272. The van der Waals surface area contributed by atoms with Gasteiger partial charge in [0, 0.05) is 6.42 Å². The van der Waals surface area contributed by atoms with Crippen molar-refractivity contribution in [2.45, 2.75) is 45.9 Å². The first-order chi connectivity index (χ1) is 7.74. The summed E-state index contributed by atoms with van der Waals surface area (Å²) in [7, 11) is 5.36. The fourth-order valence-electron chi connectivity index (χ4n) is 1.27. The zero-order valence-electron chi connectivity index (χ0n) is 10.4. The number of esters is 1. The van der Waals surface area contributed by atoms with Crippen LogP contribution in [-0.4, -0.2) is 20.4 Å². The summed E-state index contributed by atoms with van der Waals surface area (Å²) in [5, 5.41) is 0. The van der Waals surface area contributed by atoms with Crippen molar-refractivity contribution >= 4 is 13.8 Å². The van der Waals surface area contributed by atoms with E-state index in [1.807, 2.05) is 32.1 Å². The second-order valence-corrected chi connectivity index (χ2v) is 3.62. The minimum atomic E-state index is -0.124. The molecule has 2 radical (unpaired) electrons. The zero-order chi connectivity index (χ0) is 12.2. The molecule has 0 aliphatic rings. The maximum absolute atomic E-state index is 11.3. The van der Waals surface area contributed by atoms with E-state index < -0.39 is 0 Å². The van der Waals surface area contributed by atoms with Gasteiger partial charge in [0.05, 0.1) is 7.85 Å². The summed E-state index contributed by atoms with van der Waals surface area (Å²) in [4.78, 5) is 11.3. The molecule has 0 bridgehead atoms. The third-order valence-electron chi connectivity index (χ3n) is 2.24. The topological polar surface area (TPSA) is 26.3 Å². The van der Waals surface area contributed by atoms with Crippen LogP contribution >= 0.6 is 0 Å². The van der Waals surface area contributed by atoms with Gasteiger partial charge in [-0.3, -0.25) is 4.79 Å². The molecule has 0 N–H and O–H groups in total. The monoisotopic (exact) mass is 220 g/mol. The molecule has 0 amide bonds. The van der Waals surface area contributed by atoms with Gasteiger partial charge < -0.3 is 4.74 Å². The van der Waals surface area contributed by atoms with Crippen LogP contribution < -0.4 is 0 Å². The predicted molar refractivity (Wildman–Crippen MR) is 68.6 cm³/mol. The van der Waals surface area contributed by atoms with E-state index >= 15 is 0 Å². The standard InChI is InChI=1S/C13H21BO2/c1-3-8-12(4-2)11-16-13(15)9-6-5-7-10-14/h3-4,8H,5-7,9-11H2,1-2H3/b8-3-,12-4+. The molecule has 0 rings (SSSR count). The van der Waals surface area contributed by atoms with Gasteiger partial charge in [0.1, 0.15) is 6.61 Å². The fourth-order valence-corrected chi connectivity index (χ4v) is 1.27. The van der Waals surface area contributed by atoms with Crippen LogP contribution in [0.3, 0.4) is 0 Å². The molecule has 0 saturated heterocycles. The van der Waals surface area contributed by atoms with Gasteiger partial charge in [-0.15, -0.1) is 0 Å². The maximum atomic E-state index is 11.3. The van der Waals surface area contributed by atoms with Crippen LogP contribution in [0.5, 0.6) is 0 Å². The summed E-state index contributed by atoms with van der Waals surface area (Å²) in [6.07, 6.45) is 9.85. The van der Waals surface area contributed by atoms with Crippen LogP contribution in [0.15, 0.2) is 23.8 Å². The van der Waals surface area contributed by atoms with Gasteiger partial charge in [-0.1, -0.05) is 37.4 Å². The summed E-state index contributed by atoms with van der Waals surface area (Å²) in [6, 6.07) is 0. The van der Waals surface area contributed by atoms with Crippen LogP contribution in [0.25, 0.3) is 0 Å². The van der Waals surface area contributed by atoms with E-state index in [1.54, 1.807) is 0 Å². The first-order valence-corrected chi connectivity index (χ1v) is 5.88. The second-order valence-electron chi connectivity index (χ2n) is 3.62. The van der Waals surface area contributed by atoms with E-state index in [0.29, 0.717) is 19.3 Å². The van der Waals surface area contributed by atoms with Crippen molar-refractivity contribution in [3.05, 3.63) is 23.8 Å². The van der Waals surface area contributed by atoms with Crippen molar-refractivity contribution in [1.29, 1.82) is 0 Å². The first kappa shape index (κ1) is 15.0. The van der Waals surface area contributed by atoms with E-state index in [4.69, 9.17) is 12.6 Å². The van der Waals surface area contributed by atoms with E-state index in [9.17, 15) is 4.79 Å². The molecule has 0 aliphatic carbocycles. The summed E-state index contributed by atoms with van der Waals surface area (Å²) < 4.78 is 5.14. The molecule has 88 valence electrons. The second kappa shape index (κ2) is 10.5. The van der Waals surface area contributed by atoms with Crippen molar-refractivity contribution in [2.75, 3.05) is 6.61 Å². The minimum Gasteiger partial charge on any atom is -0.461 e. The van der Waals surface area contributed by atoms with Gasteiger partial charge in [0.25, 0.3) is 0 Å². The Hall–Kier alpha value is -0.985. The number of unbranched alkanes of at least 4 members (excludes halogenated alkanes) is 2. The van der Waals surface area contributed by atoms with E-state index in [1.165, 1.54) is 0 Å². The average Bonchev–Trinajstić information content (AvgIpc) is 2.30. The van der Waals surface area contributed by atoms with Gasteiger partial charge in [-0.05, 0) is 25.8 Å². The molecule has 0 spiro atoms. The lowest BCUT2D eigenvalue weighted by molar-refractivity contribution is -0.142. The minimum absolute atomic E-state index is 0.124. The van der Waals surface area contributed by atoms with Crippen LogP contribution in [0.2, 0.25) is 6.32 Å². The highest BCUT2D eigenvalue weighted by molar-refractivity contribution is 6.08. The lowest BCUT2D eigenvalue weighted by Gasteiger charge is -2.05. The van der Waals surface area contributed by atoms with E-state index in [0.717, 1.165) is 24.8 Å². The molecule has 0 heterocycles. The third kappa shape index (κ3) is 8.33. The van der Waals surface area contributed by atoms with Crippen molar-refractivity contribution in [2.24, 2.45) is 0 Å². The summed E-state index contributed by atoms with van der Waals surface area (Å²) >= 11 is 0. The number of hydrogen-bond acceptors (Lipinski definition) is 2. The number of hydrogen-bond donors (Lipinski definition) is 0. The Morgan fingerprint density at radius 2 is 2.00 bits per heavy atom. The van der Waals surface area contributed by atoms with Gasteiger partial charge in [0.15, 0.2) is 0 Å². The highest BCUT2D eigenvalue weighted by Gasteiger charge is 2.02. The summed E-state index contributed by atoms with van der Waals surface area (Å²) in [5.74, 6) is -0.124. The Morgan fingerprint density at radius 1 is 1.25 bits per heavy atom. The Morgan fingerprint density at radius 3 is 2.56 bits per heavy atom. The van der Waals surface area contributed by atoms with Gasteiger partial charge in [-0.25, -0.2) is 0 Å². The molecule has 0 fully saturated rings. The summed E-state index contributed by atoms with van der Waals surface area (Å²) in [5.41, 5.74) is 1.03. The van der Waals surface area contributed by atoms with Gasteiger partial charge in [-0.2, -0.15) is 0 Å². The van der Waals surface area contributed by atoms with Crippen molar-refractivity contribution in [3.8, 4) is 0 Å². The van der Waals surface area contributed by atoms with Crippen LogP contribution in [0, 0.1) is 0 Å². The molecule has 0 saturated carbocycles. The molecule has 0 aliphatic heterocycles. The molecular weight excluding hydrogens is 199 g/mol. The highest BCUT2D eigenvalue weighted by Crippen LogP contribution is 2.04. The molecule has 0 atom stereocenters. The Labute approximate surface area is 100 Å². The average molecular weight is 220 g/mol. The first-order valence-electron chi connectivity index (χ1n) is 5.88. The predicted octanol–water partition coefficient (Wildman–Crippen LogP) is 3.20. The number of carbonyl (C=O) groups is 1. The molecular formula is C13H21BO2. The van der Waals surface area contributed by atoms with Crippen LogP contribution in [-0.2, 0) is 9.53 Å². The lowest BCUT2D eigenvalue weighted by Crippen LogP contribution is -2.06. The Bertz CT molecular complexity index is 244. The molecule has 2 nitrogen and oxygen atoms in total. The van der Waals surface area contributed by atoms with Crippen molar-refractivity contribution in [3.63, 3.8) is 0 Å². The van der Waals surface area contributed by atoms with Crippen molar-refractivity contribution in [1.82, 2.24) is 0 Å². The molecule has 0 aromatic rings. The van der Waals surface area contributed by atoms with Crippen molar-refractivity contribution < 1.29 is 9.53 Å². The summed E-state index contributed by atoms with van der Waals surface area (Å²) in [6.45, 7) is 4.25. The zero-order valence-corrected chi connectivity index (χ0v) is 10.4. The number of rotatable bonds is 8. The maximum Gasteiger partial charge on any atom is 0.306 e. The largest absolute Gasteiger partial charge is 0.461 e. The molecule has 0 aromatic heterocycles.